The molecule has 0 aliphatic carbocycles. The number of hydrogen-bond donors (Lipinski definition) is 1. The summed E-state index contributed by atoms with van der Waals surface area (Å²) in [6.07, 6.45) is 0. The molecule has 2 atom stereocenters. The average Bonchev–Trinajstić information content (AvgIpc) is 2.49. The van der Waals surface area contributed by atoms with Crippen molar-refractivity contribution < 1.29 is 0 Å². The highest BCUT2D eigenvalue weighted by Gasteiger charge is 2.11. The van der Waals surface area contributed by atoms with Crippen molar-refractivity contribution in [1.29, 1.82) is 0 Å². The van der Waals surface area contributed by atoms with Crippen molar-refractivity contribution in [3.8, 4) is 0 Å². The highest BCUT2D eigenvalue weighted by molar-refractivity contribution is 9.11. The molecule has 0 spiro atoms. The SMILES string of the molecule is CC(CN(C)C)NC(C)c1ccc(Br)s1. The van der Waals surface area contributed by atoms with Crippen molar-refractivity contribution >= 4 is 27.3 Å². The van der Waals surface area contributed by atoms with E-state index >= 15 is 0 Å². The second-order valence-electron chi connectivity index (χ2n) is 4.19. The van der Waals surface area contributed by atoms with Gasteiger partial charge in [0.15, 0.2) is 0 Å². The highest BCUT2D eigenvalue weighted by atomic mass is 79.9. The molecule has 0 saturated heterocycles. The summed E-state index contributed by atoms with van der Waals surface area (Å²) in [5, 5.41) is 3.59. The molecule has 1 N–H and O–H groups in total. The summed E-state index contributed by atoms with van der Waals surface area (Å²) in [5.41, 5.74) is 0. The van der Waals surface area contributed by atoms with Crippen molar-refractivity contribution in [1.82, 2.24) is 10.2 Å². The molecule has 86 valence electrons. The first kappa shape index (κ1) is 13.2. The van der Waals surface area contributed by atoms with Crippen LogP contribution in [0.1, 0.15) is 24.8 Å². The van der Waals surface area contributed by atoms with E-state index in [2.05, 4.69) is 66.2 Å². The predicted octanol–water partition coefficient (Wildman–Crippen LogP) is 3.11. The van der Waals surface area contributed by atoms with Gasteiger partial charge in [0.05, 0.1) is 3.79 Å². The van der Waals surface area contributed by atoms with Crippen LogP contribution in [0.4, 0.5) is 0 Å². The van der Waals surface area contributed by atoms with Gasteiger partial charge in [-0.25, -0.2) is 0 Å². The monoisotopic (exact) mass is 290 g/mol. The minimum Gasteiger partial charge on any atom is -0.308 e. The van der Waals surface area contributed by atoms with E-state index in [9.17, 15) is 0 Å². The number of hydrogen-bond acceptors (Lipinski definition) is 3. The average molecular weight is 291 g/mol. The van der Waals surface area contributed by atoms with Gasteiger partial charge in [-0.3, -0.25) is 0 Å². The standard InChI is InChI=1S/C11H19BrN2S/c1-8(7-14(3)4)13-9(2)10-5-6-11(12)15-10/h5-6,8-9,13H,7H2,1-4H3. The van der Waals surface area contributed by atoms with E-state index in [0.717, 1.165) is 6.54 Å². The van der Waals surface area contributed by atoms with E-state index < -0.39 is 0 Å². The van der Waals surface area contributed by atoms with E-state index in [1.165, 1.54) is 8.66 Å². The molecule has 1 heterocycles. The second-order valence-corrected chi connectivity index (χ2v) is 6.69. The summed E-state index contributed by atoms with van der Waals surface area (Å²) >= 11 is 5.29. The minimum absolute atomic E-state index is 0.427. The van der Waals surface area contributed by atoms with E-state index in [1.54, 1.807) is 11.3 Å². The van der Waals surface area contributed by atoms with Crippen LogP contribution in [-0.2, 0) is 0 Å². The van der Waals surface area contributed by atoms with Gasteiger partial charge in [0, 0.05) is 23.5 Å². The molecule has 0 radical (unpaired) electrons. The molecule has 1 rings (SSSR count). The van der Waals surface area contributed by atoms with Gasteiger partial charge in [0.25, 0.3) is 0 Å². The largest absolute Gasteiger partial charge is 0.308 e. The van der Waals surface area contributed by atoms with Gasteiger partial charge < -0.3 is 10.2 Å². The molecule has 1 aromatic rings. The van der Waals surface area contributed by atoms with Crippen molar-refractivity contribution in [2.45, 2.75) is 25.9 Å². The zero-order valence-corrected chi connectivity index (χ0v) is 12.2. The fourth-order valence-corrected chi connectivity index (χ4v) is 3.11. The molecule has 0 saturated carbocycles. The van der Waals surface area contributed by atoms with Crippen LogP contribution in [0, 0.1) is 0 Å². The van der Waals surface area contributed by atoms with Crippen LogP contribution in [0.15, 0.2) is 15.9 Å². The fraction of sp³-hybridized carbons (Fsp3) is 0.636. The van der Waals surface area contributed by atoms with Crippen LogP contribution < -0.4 is 5.32 Å². The first-order valence-corrected chi connectivity index (χ1v) is 6.76. The number of rotatable bonds is 5. The number of nitrogens with zero attached hydrogens (tertiary/aromatic N) is 1. The van der Waals surface area contributed by atoms with Crippen molar-refractivity contribution in [2.75, 3.05) is 20.6 Å². The fourth-order valence-electron chi connectivity index (χ4n) is 1.67. The van der Waals surface area contributed by atoms with Gasteiger partial charge in [-0.05, 0) is 56.0 Å². The van der Waals surface area contributed by atoms with Gasteiger partial charge >= 0.3 is 0 Å². The lowest BCUT2D eigenvalue weighted by molar-refractivity contribution is 0.335. The lowest BCUT2D eigenvalue weighted by Gasteiger charge is -2.22. The minimum atomic E-state index is 0.427. The van der Waals surface area contributed by atoms with Crippen LogP contribution in [-0.4, -0.2) is 31.6 Å². The molecule has 2 unspecified atom stereocenters. The first-order chi connectivity index (χ1) is 6.99. The molecule has 1 aromatic heterocycles. The second kappa shape index (κ2) is 5.99. The highest BCUT2D eigenvalue weighted by Crippen LogP contribution is 2.27. The van der Waals surface area contributed by atoms with Gasteiger partial charge in [-0.1, -0.05) is 0 Å². The maximum absolute atomic E-state index is 3.59. The molecule has 0 aromatic carbocycles. The van der Waals surface area contributed by atoms with E-state index in [0.29, 0.717) is 12.1 Å². The molecule has 4 heteroatoms. The van der Waals surface area contributed by atoms with Crippen LogP contribution in [0.25, 0.3) is 0 Å². The first-order valence-electron chi connectivity index (χ1n) is 5.15. The summed E-state index contributed by atoms with van der Waals surface area (Å²) < 4.78 is 1.20. The quantitative estimate of drug-likeness (QED) is 0.896. The summed E-state index contributed by atoms with van der Waals surface area (Å²) in [5.74, 6) is 0. The van der Waals surface area contributed by atoms with Crippen molar-refractivity contribution in [2.24, 2.45) is 0 Å². The third-order valence-corrected chi connectivity index (χ3v) is 4.00. The van der Waals surface area contributed by atoms with Gasteiger partial charge in [0.1, 0.15) is 0 Å². The zero-order chi connectivity index (χ0) is 11.4. The number of halogens is 1. The Hall–Kier alpha value is 0.1000. The van der Waals surface area contributed by atoms with Crippen LogP contribution in [0.2, 0.25) is 0 Å². The normalized spacial score (nSPS) is 15.6. The molecule has 2 nitrogen and oxygen atoms in total. The smallest absolute Gasteiger partial charge is 0.0701 e. The Balaban J connectivity index is 2.45. The number of likely N-dealkylation sites (N-methyl/N-ethyl adjacent to an activating group) is 1. The van der Waals surface area contributed by atoms with Gasteiger partial charge in [-0.2, -0.15) is 0 Å². The Kier molecular flexibility index (Phi) is 5.26. The Morgan fingerprint density at radius 1 is 1.40 bits per heavy atom. The number of nitrogens with one attached hydrogen (secondary N) is 1. The Labute approximate surface area is 105 Å². The third kappa shape index (κ3) is 4.64. The van der Waals surface area contributed by atoms with Gasteiger partial charge in [0.2, 0.25) is 0 Å². The maximum Gasteiger partial charge on any atom is 0.0701 e. The molecular formula is C11H19BrN2S. The Bertz CT molecular complexity index is 299. The maximum atomic E-state index is 3.59. The van der Waals surface area contributed by atoms with Crippen LogP contribution in [0.5, 0.6) is 0 Å². The number of thiophene rings is 1. The third-order valence-electron chi connectivity index (χ3n) is 2.19. The Morgan fingerprint density at radius 2 is 2.07 bits per heavy atom. The summed E-state index contributed by atoms with van der Waals surface area (Å²) in [4.78, 5) is 3.59. The van der Waals surface area contributed by atoms with Gasteiger partial charge in [-0.15, -0.1) is 11.3 Å². The molecule has 0 aliphatic rings. The summed E-state index contributed by atoms with van der Waals surface area (Å²) in [6, 6.07) is 5.22. The Morgan fingerprint density at radius 3 is 2.53 bits per heavy atom. The van der Waals surface area contributed by atoms with Crippen LogP contribution >= 0.6 is 27.3 Å². The molecule has 0 aliphatic heterocycles. The molecule has 0 amide bonds. The topological polar surface area (TPSA) is 15.3 Å². The summed E-state index contributed by atoms with van der Waals surface area (Å²) in [7, 11) is 4.20. The van der Waals surface area contributed by atoms with Crippen LogP contribution in [0.3, 0.4) is 0 Å². The molecular weight excluding hydrogens is 272 g/mol. The van der Waals surface area contributed by atoms with Crippen molar-refractivity contribution in [3.63, 3.8) is 0 Å². The van der Waals surface area contributed by atoms with Crippen molar-refractivity contribution in [3.05, 3.63) is 20.8 Å². The van der Waals surface area contributed by atoms with E-state index in [4.69, 9.17) is 0 Å². The van der Waals surface area contributed by atoms with E-state index in [-0.39, 0.29) is 0 Å². The summed E-state index contributed by atoms with van der Waals surface area (Å²) in [6.45, 7) is 5.50. The lowest BCUT2D eigenvalue weighted by Crippen LogP contribution is -2.36. The predicted molar refractivity (Wildman–Crippen MR) is 71.6 cm³/mol. The molecule has 15 heavy (non-hydrogen) atoms. The molecule has 0 bridgehead atoms. The zero-order valence-electron chi connectivity index (χ0n) is 9.75. The molecule has 0 fully saturated rings. The van der Waals surface area contributed by atoms with E-state index in [1.807, 2.05) is 0 Å². The lowest BCUT2D eigenvalue weighted by atomic mass is 10.2.